The largest absolute Gasteiger partial charge is 0.470 e. The number of thiazole rings is 1. The summed E-state index contributed by atoms with van der Waals surface area (Å²) in [6, 6.07) is 0. The highest BCUT2D eigenvalue weighted by Gasteiger charge is 1.96. The lowest BCUT2D eigenvalue weighted by atomic mass is 10.9. The Bertz CT molecular complexity index is 324. The van der Waals surface area contributed by atoms with Gasteiger partial charge in [0.05, 0.1) is 9.30 Å². The average molecular weight is 213 g/mol. The van der Waals surface area contributed by atoms with Crippen LogP contribution in [0.25, 0.3) is 0 Å². The molecular formula is C5H6BrNOS. The number of aromatic nitrogens is 1. The number of halogens is 1. The van der Waals surface area contributed by atoms with Gasteiger partial charge in [-0.25, -0.2) is 0 Å². The van der Waals surface area contributed by atoms with Crippen molar-refractivity contribution in [2.45, 2.75) is 6.85 Å². The molecule has 0 spiro atoms. The van der Waals surface area contributed by atoms with Crippen molar-refractivity contribution in [3.05, 3.63) is 9.98 Å². The Kier molecular flexibility index (Phi) is 1.02. The first-order valence-electron chi connectivity index (χ1n) is 4.52. The van der Waals surface area contributed by atoms with Crippen LogP contribution in [0.1, 0.15) is 13.7 Å². The Morgan fingerprint density at radius 3 is 3.67 bits per heavy atom. The van der Waals surface area contributed by atoms with Crippen LogP contribution < -0.4 is 4.74 Å². The van der Waals surface area contributed by atoms with Gasteiger partial charge in [0.15, 0.2) is 0 Å². The summed E-state index contributed by atoms with van der Waals surface area (Å²) in [5.74, 6) is 0. The van der Waals surface area contributed by atoms with Crippen molar-refractivity contribution in [2.24, 2.45) is 0 Å². The fraction of sp³-hybridized carbons (Fsp3) is 0.400. The third kappa shape index (κ3) is 1.95. The van der Waals surface area contributed by atoms with E-state index in [0.717, 1.165) is 11.3 Å². The van der Waals surface area contributed by atoms with E-state index in [9.17, 15) is 0 Å². The standard InChI is InChI=1S/C5H6BrNOS/c1-2-8-5-7-4(6)3-9-5/h3H,2H2,1H3/i1D3,2D2. The van der Waals surface area contributed by atoms with Gasteiger partial charge < -0.3 is 4.74 Å². The second-order valence-electron chi connectivity index (χ2n) is 1.14. The topological polar surface area (TPSA) is 22.1 Å². The molecule has 1 aromatic rings. The van der Waals surface area contributed by atoms with Gasteiger partial charge in [0.2, 0.25) is 0 Å². The molecule has 0 fully saturated rings. The molecule has 0 aromatic carbocycles. The lowest BCUT2D eigenvalue weighted by Gasteiger charge is -1.92. The number of hydrogen-bond acceptors (Lipinski definition) is 3. The highest BCUT2D eigenvalue weighted by molar-refractivity contribution is 9.10. The molecule has 0 amide bonds. The van der Waals surface area contributed by atoms with Crippen molar-refractivity contribution in [1.29, 1.82) is 0 Å². The van der Waals surface area contributed by atoms with Crippen LogP contribution in [-0.4, -0.2) is 11.5 Å². The van der Waals surface area contributed by atoms with E-state index in [4.69, 9.17) is 6.85 Å². The molecule has 1 aromatic heterocycles. The molecule has 0 bridgehead atoms. The van der Waals surface area contributed by atoms with Crippen LogP contribution in [0.5, 0.6) is 5.19 Å². The van der Waals surface area contributed by atoms with Crippen LogP contribution in [0.15, 0.2) is 9.98 Å². The lowest BCUT2D eigenvalue weighted by molar-refractivity contribution is 0.338. The van der Waals surface area contributed by atoms with E-state index < -0.39 is 13.4 Å². The van der Waals surface area contributed by atoms with Crippen molar-refractivity contribution in [3.63, 3.8) is 0 Å². The smallest absolute Gasteiger partial charge is 0.274 e. The minimum atomic E-state index is -2.83. The third-order valence-electron chi connectivity index (χ3n) is 0.593. The zero-order valence-corrected chi connectivity index (χ0v) is 6.62. The number of rotatable bonds is 2. The van der Waals surface area contributed by atoms with Crippen LogP contribution in [0.2, 0.25) is 0 Å². The van der Waals surface area contributed by atoms with E-state index in [1.807, 2.05) is 0 Å². The molecule has 50 valence electrons. The van der Waals surface area contributed by atoms with Gasteiger partial charge in [-0.1, -0.05) is 11.3 Å². The molecule has 4 heteroatoms. The molecule has 0 aliphatic rings. The second-order valence-corrected chi connectivity index (χ2v) is 2.77. The van der Waals surface area contributed by atoms with E-state index >= 15 is 0 Å². The van der Waals surface area contributed by atoms with Gasteiger partial charge in [0.25, 0.3) is 5.19 Å². The van der Waals surface area contributed by atoms with Crippen molar-refractivity contribution < 1.29 is 11.6 Å². The molecule has 0 N–H and O–H groups in total. The van der Waals surface area contributed by atoms with Gasteiger partial charge in [-0.15, -0.1) is 0 Å². The molecule has 1 rings (SSSR count). The quantitative estimate of drug-likeness (QED) is 0.751. The van der Waals surface area contributed by atoms with Crippen LogP contribution >= 0.6 is 27.3 Å². The van der Waals surface area contributed by atoms with Crippen molar-refractivity contribution in [3.8, 4) is 5.19 Å². The summed E-state index contributed by atoms with van der Waals surface area (Å²) in [6.45, 7) is -5.55. The molecule has 0 radical (unpaired) electrons. The molecule has 0 unspecified atom stereocenters. The second kappa shape index (κ2) is 3.17. The zero-order chi connectivity index (χ0) is 11.0. The Morgan fingerprint density at radius 2 is 3.11 bits per heavy atom. The number of ether oxygens (including phenoxy) is 1. The van der Waals surface area contributed by atoms with E-state index in [0.29, 0.717) is 4.60 Å². The van der Waals surface area contributed by atoms with E-state index in [2.05, 4.69) is 25.7 Å². The maximum Gasteiger partial charge on any atom is 0.274 e. The van der Waals surface area contributed by atoms with Gasteiger partial charge in [-0.3, -0.25) is 0 Å². The molecule has 0 saturated heterocycles. The first-order chi connectivity index (χ1) is 6.22. The maximum absolute atomic E-state index is 7.16. The third-order valence-corrected chi connectivity index (χ3v) is 2.02. The van der Waals surface area contributed by atoms with Crippen molar-refractivity contribution in [1.82, 2.24) is 4.98 Å². The fourth-order valence-electron chi connectivity index (χ4n) is 0.329. The maximum atomic E-state index is 7.16. The summed E-state index contributed by atoms with van der Waals surface area (Å²) in [6.07, 6.45) is 0. The summed E-state index contributed by atoms with van der Waals surface area (Å²) in [4.78, 5) is 3.73. The van der Waals surface area contributed by atoms with E-state index in [-0.39, 0.29) is 5.19 Å². The zero-order valence-electron chi connectivity index (χ0n) is 9.22. The summed E-state index contributed by atoms with van der Waals surface area (Å²) in [7, 11) is 0. The van der Waals surface area contributed by atoms with Crippen LogP contribution in [0, 0.1) is 0 Å². The Hall–Kier alpha value is -0.0900. The SMILES string of the molecule is [2H]C([2H])([2H])C([2H])([2H])Oc1nc(Br)cs1. The molecule has 0 saturated carbocycles. The minimum Gasteiger partial charge on any atom is -0.470 e. The number of nitrogens with zero attached hydrogens (tertiary/aromatic N) is 1. The predicted molar refractivity (Wildman–Crippen MR) is 41.0 cm³/mol. The normalized spacial score (nSPS) is 20.8. The van der Waals surface area contributed by atoms with E-state index in [1.54, 1.807) is 5.38 Å². The van der Waals surface area contributed by atoms with Crippen molar-refractivity contribution in [2.75, 3.05) is 6.56 Å². The van der Waals surface area contributed by atoms with Gasteiger partial charge in [0.1, 0.15) is 4.60 Å². The molecule has 0 aliphatic heterocycles. The van der Waals surface area contributed by atoms with E-state index in [1.165, 1.54) is 0 Å². The number of hydrogen-bond donors (Lipinski definition) is 0. The first kappa shape index (κ1) is 2.88. The van der Waals surface area contributed by atoms with Gasteiger partial charge in [0, 0.05) is 9.49 Å². The highest BCUT2D eigenvalue weighted by Crippen LogP contribution is 2.21. The summed E-state index contributed by atoms with van der Waals surface area (Å²) in [5.41, 5.74) is 0. The van der Waals surface area contributed by atoms with Crippen LogP contribution in [0.4, 0.5) is 0 Å². The summed E-state index contributed by atoms with van der Waals surface area (Å²) in [5, 5.41) is 1.56. The molecule has 2 nitrogen and oxygen atoms in total. The monoisotopic (exact) mass is 212 g/mol. The summed E-state index contributed by atoms with van der Waals surface area (Å²) < 4.78 is 40.1. The molecule has 1 heterocycles. The van der Waals surface area contributed by atoms with Gasteiger partial charge in [-0.2, -0.15) is 4.98 Å². The lowest BCUT2D eigenvalue weighted by Crippen LogP contribution is -1.89. The molecule has 0 atom stereocenters. The van der Waals surface area contributed by atoms with Gasteiger partial charge >= 0.3 is 0 Å². The molecule has 0 aliphatic carbocycles. The Labute approximate surface area is 73.0 Å². The molecule has 9 heavy (non-hydrogen) atoms. The highest BCUT2D eigenvalue weighted by atomic mass is 79.9. The van der Waals surface area contributed by atoms with Crippen molar-refractivity contribution >= 4 is 27.3 Å². The minimum absolute atomic E-state index is 0.0157. The van der Waals surface area contributed by atoms with Gasteiger partial charge in [-0.05, 0) is 22.8 Å². The summed E-state index contributed by atoms with van der Waals surface area (Å²) >= 11 is 4.07. The Balaban J connectivity index is 2.78. The first-order valence-corrected chi connectivity index (χ1v) is 3.70. The predicted octanol–water partition coefficient (Wildman–Crippen LogP) is 2.30. The van der Waals surface area contributed by atoms with Crippen LogP contribution in [0.3, 0.4) is 0 Å². The fourth-order valence-corrected chi connectivity index (χ4v) is 1.38. The Morgan fingerprint density at radius 1 is 2.22 bits per heavy atom. The van der Waals surface area contributed by atoms with Crippen LogP contribution in [-0.2, 0) is 0 Å². The molecular weight excluding hydrogens is 202 g/mol. The average Bonchev–Trinajstić information content (AvgIpc) is 2.31.